The standard InChI is InChI=1S/C23H30N4O2/c1-15(2)26-12-10-19-18(14-26)23(29)25-22(24-19)20-9-6-11-27(20)21(28)13-17-8-5-4-7-16(17)3/h4-5,7-8,15,20H,6,9-14H2,1-3H3,(H,24,25,29)/t20-/m0/s1. The zero-order valence-corrected chi connectivity index (χ0v) is 17.6. The second kappa shape index (κ2) is 8.11. The number of aryl methyl sites for hydroxylation is 1. The van der Waals surface area contributed by atoms with Crippen LogP contribution in [0.5, 0.6) is 0 Å². The molecule has 2 aliphatic heterocycles. The maximum Gasteiger partial charge on any atom is 0.255 e. The van der Waals surface area contributed by atoms with Crippen molar-refractivity contribution in [3.8, 4) is 0 Å². The molecule has 6 heteroatoms. The molecule has 0 spiro atoms. The van der Waals surface area contributed by atoms with Gasteiger partial charge in [0.05, 0.1) is 23.7 Å². The molecule has 0 saturated carbocycles. The summed E-state index contributed by atoms with van der Waals surface area (Å²) in [5.74, 6) is 0.760. The van der Waals surface area contributed by atoms with Gasteiger partial charge in [0.2, 0.25) is 5.91 Å². The molecule has 2 aliphatic rings. The number of carbonyl (C=O) groups is 1. The molecule has 1 amide bonds. The molecule has 3 heterocycles. The van der Waals surface area contributed by atoms with Gasteiger partial charge in [-0.1, -0.05) is 24.3 Å². The first kappa shape index (κ1) is 19.8. The van der Waals surface area contributed by atoms with Crippen LogP contribution in [0.4, 0.5) is 0 Å². The number of rotatable bonds is 4. The maximum atomic E-state index is 13.0. The fourth-order valence-electron chi connectivity index (χ4n) is 4.49. The molecule has 0 bridgehead atoms. The first-order valence-corrected chi connectivity index (χ1v) is 10.6. The van der Waals surface area contributed by atoms with Crippen LogP contribution in [0.1, 0.15) is 60.9 Å². The molecule has 154 valence electrons. The zero-order chi connectivity index (χ0) is 20.5. The van der Waals surface area contributed by atoms with Crippen molar-refractivity contribution in [3.63, 3.8) is 0 Å². The summed E-state index contributed by atoms with van der Waals surface area (Å²) in [6.07, 6.45) is 2.96. The number of hydrogen-bond acceptors (Lipinski definition) is 4. The van der Waals surface area contributed by atoms with Crippen LogP contribution in [-0.2, 0) is 24.2 Å². The van der Waals surface area contributed by atoms with Crippen molar-refractivity contribution in [2.75, 3.05) is 13.1 Å². The van der Waals surface area contributed by atoms with E-state index in [0.29, 0.717) is 24.8 Å². The number of fused-ring (bicyclic) bond motifs is 1. The quantitative estimate of drug-likeness (QED) is 0.866. The Morgan fingerprint density at radius 2 is 2.07 bits per heavy atom. The third-order valence-corrected chi connectivity index (χ3v) is 6.34. The summed E-state index contributed by atoms with van der Waals surface area (Å²) < 4.78 is 0. The highest BCUT2D eigenvalue weighted by molar-refractivity contribution is 5.79. The number of nitrogens with one attached hydrogen (secondary N) is 1. The molecular formula is C23H30N4O2. The Morgan fingerprint density at radius 3 is 2.83 bits per heavy atom. The number of aromatic nitrogens is 2. The first-order chi connectivity index (χ1) is 13.9. The highest BCUT2D eigenvalue weighted by Gasteiger charge is 2.33. The van der Waals surface area contributed by atoms with E-state index in [-0.39, 0.29) is 17.5 Å². The zero-order valence-electron chi connectivity index (χ0n) is 17.6. The number of benzene rings is 1. The number of likely N-dealkylation sites (tertiary alicyclic amines) is 1. The third-order valence-electron chi connectivity index (χ3n) is 6.34. The smallest absolute Gasteiger partial charge is 0.255 e. The molecule has 6 nitrogen and oxygen atoms in total. The minimum Gasteiger partial charge on any atom is -0.332 e. The second-order valence-corrected chi connectivity index (χ2v) is 8.54. The van der Waals surface area contributed by atoms with E-state index in [1.54, 1.807) is 0 Å². The summed E-state index contributed by atoms with van der Waals surface area (Å²) in [6, 6.07) is 8.29. The van der Waals surface area contributed by atoms with Gasteiger partial charge >= 0.3 is 0 Å². The highest BCUT2D eigenvalue weighted by atomic mass is 16.2. The number of H-pyrrole nitrogens is 1. The molecule has 29 heavy (non-hydrogen) atoms. The molecule has 0 radical (unpaired) electrons. The number of amides is 1. The number of nitrogens with zero attached hydrogens (tertiary/aromatic N) is 3. The summed E-state index contributed by atoms with van der Waals surface area (Å²) in [5, 5.41) is 0. The summed E-state index contributed by atoms with van der Waals surface area (Å²) in [6.45, 7) is 8.62. The van der Waals surface area contributed by atoms with Crippen LogP contribution in [0, 0.1) is 6.92 Å². The van der Waals surface area contributed by atoms with Gasteiger partial charge in [-0.25, -0.2) is 4.98 Å². The van der Waals surface area contributed by atoms with Gasteiger partial charge in [0.25, 0.3) is 5.56 Å². The number of hydrogen-bond donors (Lipinski definition) is 1. The van der Waals surface area contributed by atoms with E-state index in [1.807, 2.05) is 36.1 Å². The first-order valence-electron chi connectivity index (χ1n) is 10.6. The van der Waals surface area contributed by atoms with Crippen molar-refractivity contribution in [2.24, 2.45) is 0 Å². The van der Waals surface area contributed by atoms with Gasteiger partial charge < -0.3 is 9.88 Å². The highest BCUT2D eigenvalue weighted by Crippen LogP contribution is 2.31. The molecule has 1 aromatic heterocycles. The van der Waals surface area contributed by atoms with E-state index in [2.05, 4.69) is 23.7 Å². The fourth-order valence-corrected chi connectivity index (χ4v) is 4.49. The molecule has 1 fully saturated rings. The fraction of sp³-hybridized carbons (Fsp3) is 0.522. The third kappa shape index (κ3) is 3.99. The lowest BCUT2D eigenvalue weighted by Gasteiger charge is -2.31. The van der Waals surface area contributed by atoms with Crippen LogP contribution in [0.2, 0.25) is 0 Å². The molecule has 1 atom stereocenters. The molecule has 2 aromatic rings. The Hall–Kier alpha value is -2.47. The van der Waals surface area contributed by atoms with Crippen LogP contribution >= 0.6 is 0 Å². The average molecular weight is 395 g/mol. The molecule has 1 aromatic carbocycles. The molecule has 4 rings (SSSR count). The van der Waals surface area contributed by atoms with Gasteiger partial charge in [-0.3, -0.25) is 14.5 Å². The largest absolute Gasteiger partial charge is 0.332 e. The SMILES string of the molecule is Cc1ccccc1CC(=O)N1CCC[C@H]1c1nc2c(c(=O)[nH]1)CN(C(C)C)CC2. The lowest BCUT2D eigenvalue weighted by atomic mass is 10.0. The molecule has 0 aliphatic carbocycles. The van der Waals surface area contributed by atoms with Gasteiger partial charge in [-0.2, -0.15) is 0 Å². The molecule has 0 unspecified atom stereocenters. The van der Waals surface area contributed by atoms with Crippen LogP contribution in [0.3, 0.4) is 0 Å². The Labute approximate surface area is 172 Å². The number of carbonyl (C=O) groups excluding carboxylic acids is 1. The predicted octanol–water partition coefficient (Wildman–Crippen LogP) is 2.75. The van der Waals surface area contributed by atoms with Crippen molar-refractivity contribution >= 4 is 5.91 Å². The van der Waals surface area contributed by atoms with E-state index in [0.717, 1.165) is 54.7 Å². The van der Waals surface area contributed by atoms with Crippen molar-refractivity contribution in [2.45, 2.75) is 65.1 Å². The van der Waals surface area contributed by atoms with Gasteiger partial charge in [0.1, 0.15) is 5.82 Å². The lowest BCUT2D eigenvalue weighted by Crippen LogP contribution is -2.40. The van der Waals surface area contributed by atoms with Gasteiger partial charge in [-0.05, 0) is 44.7 Å². The average Bonchev–Trinajstić information content (AvgIpc) is 3.19. The molecule has 1 N–H and O–H groups in total. The van der Waals surface area contributed by atoms with Gasteiger partial charge in [0.15, 0.2) is 0 Å². The Kier molecular flexibility index (Phi) is 5.54. The van der Waals surface area contributed by atoms with Crippen LogP contribution in [-0.4, -0.2) is 44.8 Å². The molecule has 1 saturated heterocycles. The minimum atomic E-state index is -0.132. The Balaban J connectivity index is 1.56. The van der Waals surface area contributed by atoms with E-state index in [4.69, 9.17) is 4.98 Å². The van der Waals surface area contributed by atoms with E-state index < -0.39 is 0 Å². The minimum absolute atomic E-state index is 0.0476. The maximum absolute atomic E-state index is 13.0. The van der Waals surface area contributed by atoms with Crippen molar-refractivity contribution < 1.29 is 4.79 Å². The normalized spacial score (nSPS) is 19.6. The molecular weight excluding hydrogens is 364 g/mol. The van der Waals surface area contributed by atoms with E-state index in [9.17, 15) is 9.59 Å². The Bertz CT molecular complexity index is 966. The number of aromatic amines is 1. The van der Waals surface area contributed by atoms with Crippen LogP contribution in [0.15, 0.2) is 29.1 Å². The van der Waals surface area contributed by atoms with Gasteiger partial charge in [0, 0.05) is 32.1 Å². The Morgan fingerprint density at radius 1 is 1.28 bits per heavy atom. The van der Waals surface area contributed by atoms with Crippen LogP contribution in [0.25, 0.3) is 0 Å². The summed E-state index contributed by atoms with van der Waals surface area (Å²) in [4.78, 5) is 37.9. The summed E-state index contributed by atoms with van der Waals surface area (Å²) in [7, 11) is 0. The summed E-state index contributed by atoms with van der Waals surface area (Å²) in [5.41, 5.74) is 3.83. The predicted molar refractivity (Wildman–Crippen MR) is 113 cm³/mol. The summed E-state index contributed by atoms with van der Waals surface area (Å²) >= 11 is 0. The van der Waals surface area contributed by atoms with E-state index in [1.165, 1.54) is 0 Å². The van der Waals surface area contributed by atoms with Crippen molar-refractivity contribution in [3.05, 3.63) is 62.8 Å². The van der Waals surface area contributed by atoms with Gasteiger partial charge in [-0.15, -0.1) is 0 Å². The van der Waals surface area contributed by atoms with Crippen LogP contribution < -0.4 is 5.56 Å². The lowest BCUT2D eigenvalue weighted by molar-refractivity contribution is -0.131. The second-order valence-electron chi connectivity index (χ2n) is 8.54. The topological polar surface area (TPSA) is 69.3 Å². The van der Waals surface area contributed by atoms with Crippen molar-refractivity contribution in [1.82, 2.24) is 19.8 Å². The van der Waals surface area contributed by atoms with E-state index >= 15 is 0 Å². The monoisotopic (exact) mass is 394 g/mol. The van der Waals surface area contributed by atoms with Crippen molar-refractivity contribution in [1.29, 1.82) is 0 Å².